The van der Waals surface area contributed by atoms with Crippen molar-refractivity contribution >= 4 is 15.9 Å². The van der Waals surface area contributed by atoms with Crippen LogP contribution < -0.4 is 10.1 Å². The van der Waals surface area contributed by atoms with Crippen molar-refractivity contribution in [2.45, 2.75) is 50.1 Å². The van der Waals surface area contributed by atoms with Gasteiger partial charge in [-0.15, -0.1) is 0 Å². The van der Waals surface area contributed by atoms with E-state index in [0.717, 1.165) is 37.2 Å². The average Bonchev–Trinajstić information content (AvgIpc) is 2.84. The molecule has 1 amide bonds. The molecule has 7 nitrogen and oxygen atoms in total. The first kappa shape index (κ1) is 25.2. The molecule has 0 spiro atoms. The van der Waals surface area contributed by atoms with E-state index in [1.807, 2.05) is 38.1 Å². The highest BCUT2D eigenvalue weighted by Crippen LogP contribution is 2.26. The van der Waals surface area contributed by atoms with E-state index in [4.69, 9.17) is 4.74 Å². The number of amides is 1. The third-order valence-electron chi connectivity index (χ3n) is 6.29. The van der Waals surface area contributed by atoms with Crippen molar-refractivity contribution in [1.29, 1.82) is 0 Å². The molecule has 33 heavy (non-hydrogen) atoms. The number of hydrogen-bond donors (Lipinski definition) is 1. The van der Waals surface area contributed by atoms with Gasteiger partial charge in [-0.1, -0.05) is 24.6 Å². The van der Waals surface area contributed by atoms with Gasteiger partial charge in [0.2, 0.25) is 10.0 Å². The Balaban J connectivity index is 1.77. The molecule has 1 saturated heterocycles. The van der Waals surface area contributed by atoms with Crippen molar-refractivity contribution in [2.24, 2.45) is 0 Å². The number of piperidine rings is 1. The van der Waals surface area contributed by atoms with Crippen molar-refractivity contribution in [3.05, 3.63) is 59.7 Å². The molecule has 180 valence electrons. The van der Waals surface area contributed by atoms with E-state index in [1.54, 1.807) is 26.3 Å². The van der Waals surface area contributed by atoms with Crippen LogP contribution in [0.25, 0.3) is 0 Å². The van der Waals surface area contributed by atoms with Crippen LogP contribution in [0.3, 0.4) is 0 Å². The maximum atomic E-state index is 13.0. The van der Waals surface area contributed by atoms with Crippen LogP contribution in [0.15, 0.2) is 53.4 Å². The molecule has 0 aromatic heterocycles. The van der Waals surface area contributed by atoms with E-state index in [1.165, 1.54) is 22.9 Å². The van der Waals surface area contributed by atoms with E-state index in [-0.39, 0.29) is 22.9 Å². The number of sulfonamides is 1. The molecule has 0 radical (unpaired) electrons. The number of likely N-dealkylation sites (tertiary alicyclic amines) is 1. The summed E-state index contributed by atoms with van der Waals surface area (Å²) in [5.74, 6) is 0.513. The second-order valence-corrected chi connectivity index (χ2v) is 10.7. The highest BCUT2D eigenvalue weighted by atomic mass is 32.2. The van der Waals surface area contributed by atoms with Crippen LogP contribution in [0.4, 0.5) is 0 Å². The normalized spacial score (nSPS) is 16.1. The topological polar surface area (TPSA) is 78.9 Å². The Hall–Kier alpha value is -2.42. The summed E-state index contributed by atoms with van der Waals surface area (Å²) < 4.78 is 32.3. The highest BCUT2D eigenvalue weighted by molar-refractivity contribution is 7.89. The Morgan fingerprint density at radius 1 is 1.09 bits per heavy atom. The first-order valence-corrected chi connectivity index (χ1v) is 12.9. The second-order valence-electron chi connectivity index (χ2n) is 8.74. The lowest BCUT2D eigenvalue weighted by Gasteiger charge is -2.35. The van der Waals surface area contributed by atoms with Crippen LogP contribution in [0.2, 0.25) is 0 Å². The predicted molar refractivity (Wildman–Crippen MR) is 130 cm³/mol. The van der Waals surface area contributed by atoms with Gasteiger partial charge in [0.15, 0.2) is 0 Å². The zero-order chi connectivity index (χ0) is 24.0. The molecule has 1 aliphatic heterocycles. The van der Waals surface area contributed by atoms with Gasteiger partial charge in [-0.25, -0.2) is 8.42 Å². The van der Waals surface area contributed by atoms with Crippen LogP contribution >= 0.6 is 0 Å². The Morgan fingerprint density at radius 2 is 1.76 bits per heavy atom. The molecule has 1 N–H and O–H groups in total. The lowest BCUT2D eigenvalue weighted by Crippen LogP contribution is -2.40. The maximum Gasteiger partial charge on any atom is 0.251 e. The second kappa shape index (κ2) is 11.1. The highest BCUT2D eigenvalue weighted by Gasteiger charge is 2.25. The van der Waals surface area contributed by atoms with Gasteiger partial charge in [-0.3, -0.25) is 9.69 Å². The van der Waals surface area contributed by atoms with Gasteiger partial charge in [0, 0.05) is 25.2 Å². The summed E-state index contributed by atoms with van der Waals surface area (Å²) in [6, 6.07) is 14.1. The molecule has 1 aliphatic rings. The average molecular weight is 474 g/mol. The lowest BCUT2D eigenvalue weighted by atomic mass is 10.0. The quantitative estimate of drug-likeness (QED) is 0.601. The molecular formula is C25H35N3O4S. The molecule has 0 unspecified atom stereocenters. The fourth-order valence-electron chi connectivity index (χ4n) is 4.05. The SMILES string of the molecule is COc1ccc([C@@H](CNC(=O)c2cccc(S(=O)(=O)N(C)C(C)C)c2)N2CCCCC2)cc1. The number of hydrogen-bond acceptors (Lipinski definition) is 5. The zero-order valence-corrected chi connectivity index (χ0v) is 20.8. The van der Waals surface area contributed by atoms with Crippen LogP contribution in [-0.4, -0.2) is 63.4 Å². The summed E-state index contributed by atoms with van der Waals surface area (Å²) >= 11 is 0. The minimum absolute atomic E-state index is 0.0409. The van der Waals surface area contributed by atoms with Gasteiger partial charge in [-0.05, 0) is 75.7 Å². The van der Waals surface area contributed by atoms with Gasteiger partial charge < -0.3 is 10.1 Å². The predicted octanol–water partition coefficient (Wildman–Crippen LogP) is 3.68. The Bertz CT molecular complexity index is 1030. The largest absolute Gasteiger partial charge is 0.497 e. The van der Waals surface area contributed by atoms with Crippen LogP contribution in [0.5, 0.6) is 5.75 Å². The first-order valence-electron chi connectivity index (χ1n) is 11.5. The molecule has 0 aliphatic carbocycles. The van der Waals surface area contributed by atoms with Gasteiger partial charge in [0.05, 0.1) is 18.0 Å². The third kappa shape index (κ3) is 6.13. The van der Waals surface area contributed by atoms with E-state index in [0.29, 0.717) is 12.1 Å². The van der Waals surface area contributed by atoms with Crippen molar-refractivity contribution in [1.82, 2.24) is 14.5 Å². The Morgan fingerprint density at radius 3 is 2.36 bits per heavy atom. The monoisotopic (exact) mass is 473 g/mol. The van der Waals surface area contributed by atoms with Crippen LogP contribution in [-0.2, 0) is 10.0 Å². The summed E-state index contributed by atoms with van der Waals surface area (Å²) in [5.41, 5.74) is 1.45. The van der Waals surface area contributed by atoms with E-state index in [2.05, 4.69) is 10.2 Å². The van der Waals surface area contributed by atoms with Crippen molar-refractivity contribution in [2.75, 3.05) is 33.8 Å². The number of carbonyl (C=O) groups excluding carboxylic acids is 1. The van der Waals surface area contributed by atoms with E-state index < -0.39 is 10.0 Å². The molecule has 3 rings (SSSR count). The van der Waals surface area contributed by atoms with Gasteiger partial charge in [0.1, 0.15) is 5.75 Å². The molecule has 2 aromatic carbocycles. The number of nitrogens with one attached hydrogen (secondary N) is 1. The summed E-state index contributed by atoms with van der Waals surface area (Å²) in [6.07, 6.45) is 3.51. The Labute approximate surface area is 197 Å². The standard InChI is InChI=1S/C25H35N3O4S/c1-19(2)27(3)33(30,31)23-10-8-9-21(17-23)25(29)26-18-24(28-15-6-5-7-16-28)20-11-13-22(32-4)14-12-20/h8-14,17,19,24H,5-7,15-16,18H2,1-4H3,(H,26,29)/t24-/m1/s1. The number of carbonyl (C=O) groups is 1. The minimum Gasteiger partial charge on any atom is -0.497 e. The zero-order valence-electron chi connectivity index (χ0n) is 20.0. The molecule has 0 saturated carbocycles. The summed E-state index contributed by atoms with van der Waals surface area (Å²) in [7, 11) is -0.469. The third-order valence-corrected chi connectivity index (χ3v) is 8.32. The van der Waals surface area contributed by atoms with Crippen LogP contribution in [0, 0.1) is 0 Å². The molecule has 1 atom stereocenters. The number of nitrogens with zero attached hydrogens (tertiary/aromatic N) is 2. The Kier molecular flexibility index (Phi) is 8.51. The molecule has 8 heteroatoms. The van der Waals surface area contributed by atoms with Crippen molar-refractivity contribution in [3.8, 4) is 5.75 Å². The summed E-state index contributed by atoms with van der Waals surface area (Å²) in [6.45, 7) is 6.04. The van der Waals surface area contributed by atoms with Crippen molar-refractivity contribution < 1.29 is 17.9 Å². The molecule has 0 bridgehead atoms. The molecule has 1 fully saturated rings. The summed E-state index contributed by atoms with van der Waals surface area (Å²) in [5, 5.41) is 3.03. The van der Waals surface area contributed by atoms with E-state index in [9.17, 15) is 13.2 Å². The lowest BCUT2D eigenvalue weighted by molar-refractivity contribution is 0.0924. The van der Waals surface area contributed by atoms with E-state index >= 15 is 0 Å². The van der Waals surface area contributed by atoms with Crippen molar-refractivity contribution in [3.63, 3.8) is 0 Å². The number of ether oxygens (including phenoxy) is 1. The van der Waals surface area contributed by atoms with Crippen LogP contribution in [0.1, 0.15) is 55.1 Å². The first-order chi connectivity index (χ1) is 15.7. The molecule has 2 aromatic rings. The van der Waals surface area contributed by atoms with Gasteiger partial charge >= 0.3 is 0 Å². The summed E-state index contributed by atoms with van der Waals surface area (Å²) in [4.78, 5) is 15.5. The fraction of sp³-hybridized carbons (Fsp3) is 0.480. The number of methoxy groups -OCH3 is 1. The number of rotatable bonds is 9. The smallest absolute Gasteiger partial charge is 0.251 e. The number of benzene rings is 2. The molecular weight excluding hydrogens is 438 g/mol. The maximum absolute atomic E-state index is 13.0. The van der Waals surface area contributed by atoms with Gasteiger partial charge in [0.25, 0.3) is 5.91 Å². The fourth-order valence-corrected chi connectivity index (χ4v) is 5.46. The van der Waals surface area contributed by atoms with Gasteiger partial charge in [-0.2, -0.15) is 4.31 Å². The molecule has 1 heterocycles. The minimum atomic E-state index is -3.66.